The summed E-state index contributed by atoms with van der Waals surface area (Å²) in [5.41, 5.74) is 5.78. The zero-order valence-electron chi connectivity index (χ0n) is 22.0. The highest BCUT2D eigenvalue weighted by atomic mass is 16.7. The van der Waals surface area contributed by atoms with Gasteiger partial charge in [0.05, 0.1) is 26.4 Å². The Morgan fingerprint density at radius 3 is 1.62 bits per heavy atom. The molecule has 0 aliphatic carbocycles. The Hall–Kier alpha value is -2.90. The van der Waals surface area contributed by atoms with Gasteiger partial charge in [0.1, 0.15) is 23.7 Å². The number of benzene rings is 3. The topological polar surface area (TPSA) is 62.0 Å². The number of hydrogen-bond acceptors (Lipinski definition) is 6. The summed E-state index contributed by atoms with van der Waals surface area (Å²) in [5, 5.41) is 0. The first kappa shape index (κ1) is 25.7. The predicted molar refractivity (Wildman–Crippen MR) is 143 cm³/mol. The fourth-order valence-corrected chi connectivity index (χ4v) is 4.12. The van der Waals surface area contributed by atoms with E-state index in [-0.39, 0.29) is 24.8 Å². The molecule has 6 nitrogen and oxygen atoms in total. The van der Waals surface area contributed by atoms with Gasteiger partial charge in [0, 0.05) is 0 Å². The van der Waals surface area contributed by atoms with Crippen LogP contribution in [-0.2, 0) is 18.9 Å². The van der Waals surface area contributed by atoms with E-state index in [1.807, 2.05) is 32.0 Å². The SMILES string of the molecule is CC(OCC1CO1)Oc1ccc(-c2ccc(-c3ccc(OC(C)OCC4CO4)c(C(C)C)c3)cc2)cc1. The number of epoxide rings is 2. The highest BCUT2D eigenvalue weighted by Crippen LogP contribution is 2.33. The second kappa shape index (κ2) is 11.7. The molecule has 2 aliphatic heterocycles. The van der Waals surface area contributed by atoms with E-state index < -0.39 is 0 Å². The Balaban J connectivity index is 1.22. The van der Waals surface area contributed by atoms with Gasteiger partial charge in [0.25, 0.3) is 0 Å². The maximum Gasteiger partial charge on any atom is 0.197 e. The van der Waals surface area contributed by atoms with Gasteiger partial charge >= 0.3 is 0 Å². The fraction of sp³-hybridized carbons (Fsp3) is 0.419. The minimum atomic E-state index is -0.323. The van der Waals surface area contributed by atoms with E-state index in [1.165, 1.54) is 0 Å². The minimum absolute atomic E-state index is 0.225. The monoisotopic (exact) mass is 504 g/mol. The molecular formula is C31H36O6. The lowest BCUT2D eigenvalue weighted by Crippen LogP contribution is -2.19. The summed E-state index contributed by atoms with van der Waals surface area (Å²) < 4.78 is 33.7. The van der Waals surface area contributed by atoms with Crippen LogP contribution in [-0.4, -0.2) is 51.2 Å². The number of hydrogen-bond donors (Lipinski definition) is 0. The van der Waals surface area contributed by atoms with E-state index in [0.29, 0.717) is 19.1 Å². The van der Waals surface area contributed by atoms with Gasteiger partial charge in [0.15, 0.2) is 12.6 Å². The van der Waals surface area contributed by atoms with Gasteiger partial charge in [-0.3, -0.25) is 0 Å². The molecule has 196 valence electrons. The van der Waals surface area contributed by atoms with Crippen LogP contribution in [0.25, 0.3) is 22.3 Å². The first-order valence-electron chi connectivity index (χ1n) is 13.1. The van der Waals surface area contributed by atoms with Crippen molar-refractivity contribution in [2.75, 3.05) is 26.4 Å². The van der Waals surface area contributed by atoms with Crippen LogP contribution in [0.2, 0.25) is 0 Å². The van der Waals surface area contributed by atoms with Crippen LogP contribution in [0.4, 0.5) is 0 Å². The highest BCUT2D eigenvalue weighted by Gasteiger charge is 2.24. The Bertz CT molecular complexity index is 1150. The normalized spacial score (nSPS) is 19.9. The van der Waals surface area contributed by atoms with Gasteiger partial charge in [-0.15, -0.1) is 0 Å². The van der Waals surface area contributed by atoms with Crippen molar-refractivity contribution in [2.24, 2.45) is 0 Å². The number of rotatable bonds is 13. The average molecular weight is 505 g/mol. The molecular weight excluding hydrogens is 468 g/mol. The molecule has 2 saturated heterocycles. The van der Waals surface area contributed by atoms with Crippen LogP contribution >= 0.6 is 0 Å². The molecule has 0 amide bonds. The van der Waals surface area contributed by atoms with Crippen molar-refractivity contribution in [2.45, 2.75) is 58.4 Å². The van der Waals surface area contributed by atoms with Gasteiger partial charge < -0.3 is 28.4 Å². The standard InChI is InChI=1S/C31H36O6/c1-20(2)30-15-26(11-14-31(30)37-22(4)33-17-29-19-35-29)25-7-5-23(6-8-25)24-9-12-27(13-10-24)36-21(3)32-16-28-18-34-28/h5-15,20-22,28-29H,16-19H2,1-4H3. The van der Waals surface area contributed by atoms with Crippen LogP contribution < -0.4 is 9.47 Å². The summed E-state index contributed by atoms with van der Waals surface area (Å²) in [7, 11) is 0. The molecule has 4 unspecified atom stereocenters. The molecule has 0 saturated carbocycles. The molecule has 0 radical (unpaired) electrons. The van der Waals surface area contributed by atoms with E-state index in [1.54, 1.807) is 0 Å². The molecule has 2 aliphatic rings. The second-order valence-corrected chi connectivity index (χ2v) is 9.96. The highest BCUT2D eigenvalue weighted by molar-refractivity contribution is 5.71. The van der Waals surface area contributed by atoms with Crippen molar-refractivity contribution >= 4 is 0 Å². The van der Waals surface area contributed by atoms with Gasteiger partial charge in [-0.2, -0.15) is 0 Å². The van der Waals surface area contributed by atoms with E-state index in [9.17, 15) is 0 Å². The summed E-state index contributed by atoms with van der Waals surface area (Å²) in [4.78, 5) is 0. The van der Waals surface area contributed by atoms with Crippen LogP contribution in [0.5, 0.6) is 11.5 Å². The van der Waals surface area contributed by atoms with Gasteiger partial charge in [-0.25, -0.2) is 0 Å². The molecule has 0 N–H and O–H groups in total. The largest absolute Gasteiger partial charge is 0.465 e. The van der Waals surface area contributed by atoms with Crippen molar-refractivity contribution in [3.05, 3.63) is 72.3 Å². The van der Waals surface area contributed by atoms with Gasteiger partial charge in [0.2, 0.25) is 0 Å². The quantitative estimate of drug-likeness (QED) is 0.198. The molecule has 2 fully saturated rings. The van der Waals surface area contributed by atoms with Crippen molar-refractivity contribution in [3.63, 3.8) is 0 Å². The summed E-state index contributed by atoms with van der Waals surface area (Å²) >= 11 is 0. The molecule has 3 aromatic carbocycles. The Labute approximate surface area is 219 Å². The zero-order valence-corrected chi connectivity index (χ0v) is 22.0. The molecule has 3 aromatic rings. The van der Waals surface area contributed by atoms with Gasteiger partial charge in [-0.1, -0.05) is 56.3 Å². The maximum absolute atomic E-state index is 6.11. The smallest absolute Gasteiger partial charge is 0.197 e. The first-order chi connectivity index (χ1) is 17.9. The Kier molecular flexibility index (Phi) is 8.11. The number of ether oxygens (including phenoxy) is 6. The zero-order chi connectivity index (χ0) is 25.8. The summed E-state index contributed by atoms with van der Waals surface area (Å²) in [6, 6.07) is 23.1. The average Bonchev–Trinajstić information content (AvgIpc) is 3.82. The van der Waals surface area contributed by atoms with E-state index in [0.717, 1.165) is 52.5 Å². The Morgan fingerprint density at radius 2 is 1.11 bits per heavy atom. The van der Waals surface area contributed by atoms with Crippen molar-refractivity contribution < 1.29 is 28.4 Å². The van der Waals surface area contributed by atoms with Crippen molar-refractivity contribution in [1.29, 1.82) is 0 Å². The van der Waals surface area contributed by atoms with E-state index >= 15 is 0 Å². The van der Waals surface area contributed by atoms with Crippen LogP contribution in [0.1, 0.15) is 39.2 Å². The fourth-order valence-electron chi connectivity index (χ4n) is 4.12. The lowest BCUT2D eigenvalue weighted by molar-refractivity contribution is -0.0715. The third-order valence-corrected chi connectivity index (χ3v) is 6.47. The molecule has 5 rings (SSSR count). The van der Waals surface area contributed by atoms with Crippen molar-refractivity contribution in [3.8, 4) is 33.8 Å². The van der Waals surface area contributed by atoms with E-state index in [2.05, 4.69) is 62.4 Å². The molecule has 4 atom stereocenters. The van der Waals surface area contributed by atoms with Crippen molar-refractivity contribution in [1.82, 2.24) is 0 Å². The second-order valence-electron chi connectivity index (χ2n) is 9.96. The molecule has 0 aromatic heterocycles. The molecule has 37 heavy (non-hydrogen) atoms. The van der Waals surface area contributed by atoms with Crippen LogP contribution in [0, 0.1) is 0 Å². The van der Waals surface area contributed by atoms with Crippen LogP contribution in [0.3, 0.4) is 0 Å². The maximum atomic E-state index is 6.11. The predicted octanol–water partition coefficient (Wildman–Crippen LogP) is 6.42. The van der Waals surface area contributed by atoms with Gasteiger partial charge in [-0.05, 0) is 71.8 Å². The third-order valence-electron chi connectivity index (χ3n) is 6.47. The first-order valence-corrected chi connectivity index (χ1v) is 13.1. The summed E-state index contributed by atoms with van der Waals surface area (Å²) in [6.07, 6.45) is -0.176. The van der Waals surface area contributed by atoms with Crippen LogP contribution in [0.15, 0.2) is 66.7 Å². The third kappa shape index (κ3) is 7.33. The lowest BCUT2D eigenvalue weighted by atomic mass is 9.95. The van der Waals surface area contributed by atoms with E-state index in [4.69, 9.17) is 28.4 Å². The molecule has 0 bridgehead atoms. The summed E-state index contributed by atoms with van der Waals surface area (Å²) in [6.45, 7) is 10.9. The Morgan fingerprint density at radius 1 is 0.649 bits per heavy atom. The lowest BCUT2D eigenvalue weighted by Gasteiger charge is -2.20. The minimum Gasteiger partial charge on any atom is -0.465 e. The molecule has 2 heterocycles. The summed E-state index contributed by atoms with van der Waals surface area (Å²) in [5.74, 6) is 1.97. The molecule has 6 heteroatoms. The molecule has 0 spiro atoms.